The van der Waals surface area contributed by atoms with Crippen molar-refractivity contribution in [1.29, 1.82) is 0 Å². The van der Waals surface area contributed by atoms with Crippen LogP contribution in [0.3, 0.4) is 0 Å². The summed E-state index contributed by atoms with van der Waals surface area (Å²) >= 11 is 0. The molecule has 1 fully saturated rings. The van der Waals surface area contributed by atoms with Gasteiger partial charge in [0.2, 0.25) is 5.91 Å². The first-order valence-corrected chi connectivity index (χ1v) is 12.1. The molecule has 0 atom stereocenters. The highest BCUT2D eigenvalue weighted by Crippen LogP contribution is 2.26. The molecule has 32 heavy (non-hydrogen) atoms. The summed E-state index contributed by atoms with van der Waals surface area (Å²) in [5, 5.41) is 11.0. The Hall–Kier alpha value is -2.67. The molecule has 2 aliphatic rings. The lowest BCUT2D eigenvalue weighted by atomic mass is 10.0. The van der Waals surface area contributed by atoms with E-state index in [9.17, 15) is 9.59 Å². The number of aromatic nitrogens is 2. The first kappa shape index (κ1) is 22.5. The molecule has 4 rings (SSSR count). The number of nitrogens with zero attached hydrogens (tertiary/aromatic N) is 3. The van der Waals surface area contributed by atoms with Crippen LogP contribution in [0.5, 0.6) is 0 Å². The van der Waals surface area contributed by atoms with Crippen LogP contribution in [0.1, 0.15) is 67.2 Å². The van der Waals surface area contributed by atoms with Crippen LogP contribution < -0.4 is 10.6 Å². The molecule has 0 spiro atoms. The van der Waals surface area contributed by atoms with Gasteiger partial charge < -0.3 is 10.6 Å². The third-order valence-electron chi connectivity index (χ3n) is 6.51. The largest absolute Gasteiger partial charge is 0.355 e. The number of fused-ring (bicyclic) bond motifs is 1. The Balaban J connectivity index is 1.41. The molecule has 0 radical (unpaired) electrons. The average molecular weight is 438 g/mol. The van der Waals surface area contributed by atoms with E-state index < -0.39 is 0 Å². The Kier molecular flexibility index (Phi) is 7.58. The third-order valence-corrected chi connectivity index (χ3v) is 6.51. The van der Waals surface area contributed by atoms with Gasteiger partial charge in [0.15, 0.2) is 5.69 Å². The first-order valence-electron chi connectivity index (χ1n) is 12.1. The van der Waals surface area contributed by atoms with Gasteiger partial charge in [-0.2, -0.15) is 5.10 Å². The Labute approximate surface area is 190 Å². The monoisotopic (exact) mass is 437 g/mol. The van der Waals surface area contributed by atoms with Crippen LogP contribution in [0.2, 0.25) is 0 Å². The fourth-order valence-corrected chi connectivity index (χ4v) is 4.75. The van der Waals surface area contributed by atoms with Gasteiger partial charge >= 0.3 is 0 Å². The molecule has 2 aromatic rings. The van der Waals surface area contributed by atoms with Gasteiger partial charge in [-0.05, 0) is 57.1 Å². The van der Waals surface area contributed by atoms with Crippen LogP contribution in [-0.2, 0) is 17.6 Å². The Bertz CT molecular complexity index is 916. The van der Waals surface area contributed by atoms with Gasteiger partial charge in [-0.15, -0.1) is 0 Å². The van der Waals surface area contributed by atoms with Gasteiger partial charge in [-0.3, -0.25) is 14.5 Å². The normalized spacial score (nSPS) is 17.4. The lowest BCUT2D eigenvalue weighted by molar-refractivity contribution is -0.122. The molecule has 1 aromatic carbocycles. The number of carbonyl (C=O) groups is 2. The molecule has 0 saturated carbocycles. The first-order chi connectivity index (χ1) is 15.7. The van der Waals surface area contributed by atoms with Crippen molar-refractivity contribution in [2.75, 3.05) is 26.2 Å². The van der Waals surface area contributed by atoms with Crippen molar-refractivity contribution in [3.63, 3.8) is 0 Å². The van der Waals surface area contributed by atoms with E-state index in [1.807, 2.05) is 35.0 Å². The molecule has 2 amide bonds. The van der Waals surface area contributed by atoms with Crippen LogP contribution in [0.15, 0.2) is 30.3 Å². The highest BCUT2D eigenvalue weighted by Gasteiger charge is 2.28. The van der Waals surface area contributed by atoms with Gasteiger partial charge in [0.25, 0.3) is 5.91 Å². The zero-order valence-corrected chi connectivity index (χ0v) is 19.1. The van der Waals surface area contributed by atoms with Crippen LogP contribution in [0, 0.1) is 0 Å². The van der Waals surface area contributed by atoms with E-state index in [0.717, 1.165) is 75.8 Å². The number of benzene rings is 1. The van der Waals surface area contributed by atoms with E-state index in [4.69, 9.17) is 5.10 Å². The average Bonchev–Trinajstić information content (AvgIpc) is 3.00. The summed E-state index contributed by atoms with van der Waals surface area (Å²) in [5.74, 6) is 0.0282. The van der Waals surface area contributed by atoms with Gasteiger partial charge in [-0.1, -0.05) is 31.5 Å². The summed E-state index contributed by atoms with van der Waals surface area (Å²) in [7, 11) is 0. The van der Waals surface area contributed by atoms with E-state index in [1.54, 1.807) is 0 Å². The fourth-order valence-electron chi connectivity index (χ4n) is 4.75. The van der Waals surface area contributed by atoms with Crippen LogP contribution in [0.25, 0.3) is 5.69 Å². The minimum Gasteiger partial charge on any atom is -0.355 e. The molecule has 7 heteroatoms. The molecule has 1 saturated heterocycles. The van der Waals surface area contributed by atoms with Crippen LogP contribution in [0.4, 0.5) is 0 Å². The number of nitrogens with one attached hydrogen (secondary N) is 2. The molecular formula is C25H35N5O2. The lowest BCUT2D eigenvalue weighted by Gasteiger charge is -2.31. The third kappa shape index (κ3) is 5.38. The van der Waals surface area contributed by atoms with E-state index in [-0.39, 0.29) is 17.9 Å². The van der Waals surface area contributed by atoms with E-state index in [2.05, 4.69) is 22.5 Å². The Morgan fingerprint density at radius 1 is 1.06 bits per heavy atom. The summed E-state index contributed by atoms with van der Waals surface area (Å²) in [6.45, 7) is 4.86. The van der Waals surface area contributed by atoms with E-state index >= 15 is 0 Å². The van der Waals surface area contributed by atoms with E-state index in [0.29, 0.717) is 12.2 Å². The Morgan fingerprint density at radius 3 is 2.56 bits per heavy atom. The second kappa shape index (κ2) is 10.8. The minimum atomic E-state index is -0.0584. The Morgan fingerprint density at radius 2 is 1.81 bits per heavy atom. The van der Waals surface area contributed by atoms with Gasteiger partial charge in [0.05, 0.1) is 12.2 Å². The zero-order chi connectivity index (χ0) is 22.3. The molecule has 1 aromatic heterocycles. The van der Waals surface area contributed by atoms with Crippen molar-refractivity contribution in [3.8, 4) is 5.69 Å². The molecule has 1 aliphatic heterocycles. The minimum absolute atomic E-state index is 0.0584. The molecule has 2 N–H and O–H groups in total. The standard InChI is InChI=1S/C25H35N5O2/c1-2-15-26-23(31)18-29-16-13-19(14-17-29)27-25(32)24-21-11-7-4-8-12-22(21)30(28-24)20-9-5-3-6-10-20/h3,5-6,9-10,19H,2,4,7-8,11-18H2,1H3,(H,26,31)(H,27,32). The second-order valence-corrected chi connectivity index (χ2v) is 8.96. The van der Waals surface area contributed by atoms with Crippen molar-refractivity contribution in [2.24, 2.45) is 0 Å². The number of amides is 2. The second-order valence-electron chi connectivity index (χ2n) is 8.96. The predicted octanol–water partition coefficient (Wildman–Crippen LogP) is 2.86. The maximum absolute atomic E-state index is 13.3. The maximum atomic E-state index is 13.3. The molecule has 1 aliphatic carbocycles. The maximum Gasteiger partial charge on any atom is 0.272 e. The number of rotatable bonds is 7. The summed E-state index contributed by atoms with van der Waals surface area (Å²) in [4.78, 5) is 27.4. The molecule has 7 nitrogen and oxygen atoms in total. The topological polar surface area (TPSA) is 79.3 Å². The summed E-state index contributed by atoms with van der Waals surface area (Å²) < 4.78 is 1.98. The van der Waals surface area contributed by atoms with Gasteiger partial charge in [0.1, 0.15) is 0 Å². The number of para-hydroxylation sites is 1. The highest BCUT2D eigenvalue weighted by molar-refractivity contribution is 5.94. The van der Waals surface area contributed by atoms with Crippen molar-refractivity contribution >= 4 is 11.8 Å². The summed E-state index contributed by atoms with van der Waals surface area (Å²) in [6, 6.07) is 10.2. The van der Waals surface area contributed by atoms with Gasteiger partial charge in [0, 0.05) is 36.9 Å². The molecular weight excluding hydrogens is 402 g/mol. The SMILES string of the molecule is CCCNC(=O)CN1CCC(NC(=O)c2nn(-c3ccccc3)c3c2CCCCC3)CC1. The van der Waals surface area contributed by atoms with Crippen LogP contribution in [-0.4, -0.2) is 58.7 Å². The molecule has 0 bridgehead atoms. The molecule has 0 unspecified atom stereocenters. The predicted molar refractivity (Wildman–Crippen MR) is 125 cm³/mol. The van der Waals surface area contributed by atoms with Crippen molar-refractivity contribution in [1.82, 2.24) is 25.3 Å². The molecule has 172 valence electrons. The van der Waals surface area contributed by atoms with E-state index in [1.165, 1.54) is 12.1 Å². The quantitative estimate of drug-likeness (QED) is 0.653. The number of carbonyl (C=O) groups excluding carboxylic acids is 2. The lowest BCUT2D eigenvalue weighted by Crippen LogP contribution is -2.47. The number of likely N-dealkylation sites (tertiary alicyclic amines) is 1. The smallest absolute Gasteiger partial charge is 0.272 e. The van der Waals surface area contributed by atoms with Gasteiger partial charge in [-0.25, -0.2) is 4.68 Å². The molecule has 2 heterocycles. The summed E-state index contributed by atoms with van der Waals surface area (Å²) in [5.41, 5.74) is 3.91. The number of piperidine rings is 1. The zero-order valence-electron chi connectivity index (χ0n) is 19.1. The fraction of sp³-hybridized carbons (Fsp3) is 0.560. The number of hydrogen-bond donors (Lipinski definition) is 2. The van der Waals surface area contributed by atoms with Crippen molar-refractivity contribution < 1.29 is 9.59 Å². The van der Waals surface area contributed by atoms with Crippen LogP contribution >= 0.6 is 0 Å². The summed E-state index contributed by atoms with van der Waals surface area (Å²) in [6.07, 6.45) is 7.96. The highest BCUT2D eigenvalue weighted by atomic mass is 16.2. The van der Waals surface area contributed by atoms with Crippen molar-refractivity contribution in [3.05, 3.63) is 47.3 Å². The van der Waals surface area contributed by atoms with Crippen molar-refractivity contribution in [2.45, 2.75) is 64.3 Å². The number of hydrogen-bond acceptors (Lipinski definition) is 4.